The molecule has 0 aliphatic rings. The molecular formula is C25H20Cl2N10O. The van der Waals surface area contributed by atoms with Gasteiger partial charge in [0.05, 0.1) is 41.2 Å². The Labute approximate surface area is 226 Å². The minimum atomic E-state index is -0.399. The van der Waals surface area contributed by atoms with Crippen molar-refractivity contribution >= 4 is 40.4 Å². The van der Waals surface area contributed by atoms with Crippen LogP contribution in [-0.4, -0.2) is 49.8 Å². The quantitative estimate of drug-likeness (QED) is 0.332. The third kappa shape index (κ3) is 4.31. The number of nitrogens with one attached hydrogen (secondary N) is 1. The number of anilines is 1. The first-order valence-electron chi connectivity index (χ1n) is 11.5. The average Bonchev–Trinajstić information content (AvgIpc) is 3.68. The maximum Gasteiger partial charge on any atom is 0.276 e. The lowest BCUT2D eigenvalue weighted by Crippen LogP contribution is -2.12. The Morgan fingerprint density at radius 2 is 1.63 bits per heavy atom. The van der Waals surface area contributed by atoms with Crippen molar-refractivity contribution in [1.82, 2.24) is 43.9 Å². The monoisotopic (exact) mass is 546 g/mol. The largest absolute Gasteiger partial charge is 0.318 e. The van der Waals surface area contributed by atoms with Crippen molar-refractivity contribution in [1.29, 1.82) is 0 Å². The van der Waals surface area contributed by atoms with Crippen LogP contribution in [0.3, 0.4) is 0 Å². The highest BCUT2D eigenvalue weighted by atomic mass is 35.5. The number of hydrogen-bond donors (Lipinski definition) is 1. The molecule has 0 bridgehead atoms. The molecule has 0 saturated carbocycles. The average molecular weight is 547 g/mol. The summed E-state index contributed by atoms with van der Waals surface area (Å²) in [4.78, 5) is 17.9. The number of benzene rings is 1. The van der Waals surface area contributed by atoms with E-state index in [-0.39, 0.29) is 5.69 Å². The van der Waals surface area contributed by atoms with E-state index >= 15 is 0 Å². The molecule has 6 aromatic rings. The number of carbonyl (C=O) groups excluding carboxylic acids is 1. The highest BCUT2D eigenvalue weighted by Crippen LogP contribution is 2.27. The second-order valence-corrected chi connectivity index (χ2v) is 9.40. The molecule has 38 heavy (non-hydrogen) atoms. The Kier molecular flexibility index (Phi) is 5.93. The summed E-state index contributed by atoms with van der Waals surface area (Å²) in [6.45, 7) is 0.359. The molecule has 0 atom stereocenters. The van der Waals surface area contributed by atoms with Crippen molar-refractivity contribution in [3.8, 4) is 22.8 Å². The summed E-state index contributed by atoms with van der Waals surface area (Å²) >= 11 is 12.6. The standard InChI is InChI=1S/C25H20Cl2N10O/c1-34-21(6-8-28-34)19-10-23(22-7-9-29-35(22)2)37-24(32-19)11-20(33-37)25(38)31-15-12-30-36(13-15)14-16-17(26)4-3-5-18(16)27/h3-13H,14H2,1-2H3,(H,31,38). The van der Waals surface area contributed by atoms with Gasteiger partial charge in [0.1, 0.15) is 0 Å². The van der Waals surface area contributed by atoms with Gasteiger partial charge in [-0.1, -0.05) is 29.3 Å². The van der Waals surface area contributed by atoms with E-state index in [0.717, 1.165) is 22.6 Å². The van der Waals surface area contributed by atoms with E-state index in [4.69, 9.17) is 28.2 Å². The predicted molar refractivity (Wildman–Crippen MR) is 143 cm³/mol. The van der Waals surface area contributed by atoms with Gasteiger partial charge in [0.15, 0.2) is 11.3 Å². The molecule has 1 aromatic carbocycles. The SMILES string of the molecule is Cn1nccc1-c1cc(-c2ccnn2C)n2nc(C(=O)Nc3cnn(Cc4c(Cl)cccc4Cl)c3)cc2n1. The maximum absolute atomic E-state index is 13.2. The van der Waals surface area contributed by atoms with Crippen molar-refractivity contribution in [2.45, 2.75) is 6.54 Å². The summed E-state index contributed by atoms with van der Waals surface area (Å²) in [5.41, 5.74) is 5.03. The van der Waals surface area contributed by atoms with Crippen LogP contribution in [0.5, 0.6) is 0 Å². The lowest BCUT2D eigenvalue weighted by Gasteiger charge is -2.08. The van der Waals surface area contributed by atoms with Crippen LogP contribution in [0, 0.1) is 0 Å². The zero-order valence-corrected chi connectivity index (χ0v) is 21.8. The van der Waals surface area contributed by atoms with Crippen molar-refractivity contribution in [3.05, 3.63) is 88.6 Å². The molecule has 0 radical (unpaired) electrons. The van der Waals surface area contributed by atoms with Gasteiger partial charge in [0.2, 0.25) is 0 Å². The summed E-state index contributed by atoms with van der Waals surface area (Å²) in [7, 11) is 3.69. The number of halogens is 2. The van der Waals surface area contributed by atoms with Gasteiger partial charge >= 0.3 is 0 Å². The summed E-state index contributed by atoms with van der Waals surface area (Å²) in [6, 6.07) is 12.6. The normalized spacial score (nSPS) is 11.4. The zero-order chi connectivity index (χ0) is 26.4. The Balaban J connectivity index is 1.32. The van der Waals surface area contributed by atoms with Gasteiger partial charge in [-0.25, -0.2) is 9.50 Å². The molecule has 0 aliphatic heterocycles. The van der Waals surface area contributed by atoms with Gasteiger partial charge in [0, 0.05) is 54.4 Å². The van der Waals surface area contributed by atoms with Gasteiger partial charge in [0.25, 0.3) is 5.91 Å². The zero-order valence-electron chi connectivity index (χ0n) is 20.2. The van der Waals surface area contributed by atoms with Crippen LogP contribution in [0.25, 0.3) is 28.4 Å². The number of aromatic nitrogens is 9. The topological polar surface area (TPSA) is 113 Å². The molecule has 0 aliphatic carbocycles. The lowest BCUT2D eigenvalue weighted by molar-refractivity contribution is 0.102. The number of rotatable bonds is 6. The van der Waals surface area contributed by atoms with Gasteiger partial charge in [-0.3, -0.25) is 18.8 Å². The lowest BCUT2D eigenvalue weighted by atomic mass is 10.2. The highest BCUT2D eigenvalue weighted by molar-refractivity contribution is 6.36. The van der Waals surface area contributed by atoms with Crippen LogP contribution in [-0.2, 0) is 20.6 Å². The molecule has 5 aromatic heterocycles. The minimum Gasteiger partial charge on any atom is -0.318 e. The highest BCUT2D eigenvalue weighted by Gasteiger charge is 2.19. The second kappa shape index (κ2) is 9.43. The van der Waals surface area contributed by atoms with Crippen LogP contribution in [0.4, 0.5) is 5.69 Å². The number of amides is 1. The molecule has 5 heterocycles. The summed E-state index contributed by atoms with van der Waals surface area (Å²) < 4.78 is 6.76. The van der Waals surface area contributed by atoms with Crippen LogP contribution < -0.4 is 5.32 Å². The molecule has 0 saturated heterocycles. The molecule has 190 valence electrons. The van der Waals surface area contributed by atoms with E-state index in [2.05, 4.69) is 25.7 Å². The fourth-order valence-electron chi connectivity index (χ4n) is 4.20. The maximum atomic E-state index is 13.2. The Morgan fingerprint density at radius 3 is 2.32 bits per heavy atom. The smallest absolute Gasteiger partial charge is 0.276 e. The first kappa shape index (κ1) is 23.9. The van der Waals surface area contributed by atoms with Crippen LogP contribution >= 0.6 is 23.2 Å². The number of aryl methyl sites for hydroxylation is 2. The summed E-state index contributed by atoms with van der Waals surface area (Å²) in [5, 5.41) is 21.4. The first-order valence-corrected chi connectivity index (χ1v) is 12.3. The molecule has 1 amide bonds. The van der Waals surface area contributed by atoms with Crippen molar-refractivity contribution in [2.24, 2.45) is 14.1 Å². The third-order valence-corrected chi connectivity index (χ3v) is 6.81. The van der Waals surface area contributed by atoms with E-state index in [1.807, 2.05) is 32.3 Å². The minimum absolute atomic E-state index is 0.199. The van der Waals surface area contributed by atoms with Crippen LogP contribution in [0.15, 0.2) is 67.3 Å². The van der Waals surface area contributed by atoms with E-state index < -0.39 is 5.91 Å². The van der Waals surface area contributed by atoms with Crippen molar-refractivity contribution < 1.29 is 4.79 Å². The van der Waals surface area contributed by atoms with Gasteiger partial charge < -0.3 is 5.32 Å². The van der Waals surface area contributed by atoms with Gasteiger partial charge in [-0.15, -0.1) is 0 Å². The second-order valence-electron chi connectivity index (χ2n) is 8.59. The fraction of sp³-hybridized carbons (Fsp3) is 0.120. The van der Waals surface area contributed by atoms with Crippen LogP contribution in [0.2, 0.25) is 10.0 Å². The molecule has 6 rings (SSSR count). The first-order chi connectivity index (χ1) is 18.4. The van der Waals surface area contributed by atoms with Crippen molar-refractivity contribution in [3.63, 3.8) is 0 Å². The van der Waals surface area contributed by atoms with E-state index in [0.29, 0.717) is 33.6 Å². The number of fused-ring (bicyclic) bond motifs is 1. The molecule has 1 N–H and O–H groups in total. The van der Waals surface area contributed by atoms with Gasteiger partial charge in [-0.2, -0.15) is 20.4 Å². The molecule has 11 nitrogen and oxygen atoms in total. The Bertz CT molecular complexity index is 1790. The van der Waals surface area contributed by atoms with Gasteiger partial charge in [-0.05, 0) is 30.3 Å². The number of carbonyl (C=O) groups is 1. The van der Waals surface area contributed by atoms with E-state index in [1.54, 1.807) is 67.6 Å². The summed E-state index contributed by atoms with van der Waals surface area (Å²) in [6.07, 6.45) is 6.67. The summed E-state index contributed by atoms with van der Waals surface area (Å²) in [5.74, 6) is -0.399. The Hall–Kier alpha value is -4.48. The van der Waals surface area contributed by atoms with E-state index in [9.17, 15) is 4.79 Å². The molecule has 0 spiro atoms. The third-order valence-electron chi connectivity index (χ3n) is 6.10. The number of hydrogen-bond acceptors (Lipinski definition) is 6. The predicted octanol–water partition coefficient (Wildman–Crippen LogP) is 4.33. The van der Waals surface area contributed by atoms with Crippen LogP contribution in [0.1, 0.15) is 16.1 Å². The molecular weight excluding hydrogens is 527 g/mol. The number of nitrogens with zero attached hydrogens (tertiary/aromatic N) is 9. The fourth-order valence-corrected chi connectivity index (χ4v) is 4.72. The molecule has 0 fully saturated rings. The molecule has 0 unspecified atom stereocenters. The Morgan fingerprint density at radius 1 is 0.921 bits per heavy atom. The molecule has 13 heteroatoms. The van der Waals surface area contributed by atoms with E-state index in [1.165, 1.54) is 0 Å². The van der Waals surface area contributed by atoms with Crippen molar-refractivity contribution in [2.75, 3.05) is 5.32 Å².